The van der Waals surface area contributed by atoms with Crippen LogP contribution in [-0.4, -0.2) is 9.55 Å². The van der Waals surface area contributed by atoms with Crippen molar-refractivity contribution >= 4 is 34.2 Å². The number of hydrogen-bond donors (Lipinski definition) is 0. The fraction of sp³-hybridized carbons (Fsp3) is 0.133. The Kier molecular flexibility index (Phi) is 3.59. The van der Waals surface area contributed by atoms with Crippen molar-refractivity contribution in [3.63, 3.8) is 0 Å². The molecule has 0 aliphatic carbocycles. The van der Waals surface area contributed by atoms with Crippen molar-refractivity contribution in [2.75, 3.05) is 0 Å². The van der Waals surface area contributed by atoms with Gasteiger partial charge >= 0.3 is 0 Å². The Bertz CT molecular complexity index is 811. The smallest absolute Gasteiger partial charge is 0.144 e. The molecule has 6 heteroatoms. The predicted molar refractivity (Wildman–Crippen MR) is 80.3 cm³/mol. The quantitative estimate of drug-likeness (QED) is 0.587. The average Bonchev–Trinajstić information content (AvgIpc) is 2.79. The topological polar surface area (TPSA) is 17.8 Å². The van der Waals surface area contributed by atoms with E-state index in [1.165, 1.54) is 24.3 Å². The monoisotopic (exact) mass is 326 g/mol. The molecular weight excluding hydrogens is 317 g/mol. The molecule has 2 nitrogen and oxygen atoms in total. The van der Waals surface area contributed by atoms with Crippen LogP contribution in [0.3, 0.4) is 0 Å². The molecule has 0 bridgehead atoms. The highest BCUT2D eigenvalue weighted by molar-refractivity contribution is 6.31. The molecule has 3 aromatic rings. The van der Waals surface area contributed by atoms with Crippen molar-refractivity contribution in [2.24, 2.45) is 0 Å². The molecule has 0 spiro atoms. The zero-order valence-electron chi connectivity index (χ0n) is 10.9. The average molecular weight is 327 g/mol. The molecule has 0 N–H and O–H groups in total. The molecule has 3 rings (SSSR count). The summed E-state index contributed by atoms with van der Waals surface area (Å²) in [6.45, 7) is 1.76. The van der Waals surface area contributed by atoms with Crippen LogP contribution in [0, 0.1) is 11.6 Å². The summed E-state index contributed by atoms with van der Waals surface area (Å²) >= 11 is 12.0. The SMILES string of the molecule is CC(Cl)c1nc2cc(F)c(Cl)cc2n1-c1ccc(F)cc1. The Balaban J connectivity index is 2.35. The van der Waals surface area contributed by atoms with Gasteiger partial charge in [-0.2, -0.15) is 0 Å². The molecule has 108 valence electrons. The molecule has 1 atom stereocenters. The maximum Gasteiger partial charge on any atom is 0.144 e. The van der Waals surface area contributed by atoms with Crippen LogP contribution in [0.15, 0.2) is 36.4 Å². The highest BCUT2D eigenvalue weighted by Crippen LogP contribution is 2.31. The molecule has 2 aromatic carbocycles. The third-order valence-corrected chi connectivity index (χ3v) is 3.65. The summed E-state index contributed by atoms with van der Waals surface area (Å²) in [5.74, 6) is -0.339. The minimum atomic E-state index is -0.540. The molecule has 0 aliphatic rings. The molecule has 1 heterocycles. The van der Waals surface area contributed by atoms with E-state index in [1.807, 2.05) is 0 Å². The van der Waals surface area contributed by atoms with E-state index >= 15 is 0 Å². The van der Waals surface area contributed by atoms with E-state index in [0.29, 0.717) is 22.5 Å². The van der Waals surface area contributed by atoms with E-state index in [2.05, 4.69) is 4.98 Å². The van der Waals surface area contributed by atoms with Gasteiger partial charge in [-0.3, -0.25) is 4.57 Å². The molecule has 0 saturated heterocycles. The van der Waals surface area contributed by atoms with E-state index in [4.69, 9.17) is 23.2 Å². The third kappa shape index (κ3) is 2.49. The van der Waals surface area contributed by atoms with Crippen molar-refractivity contribution in [3.8, 4) is 5.69 Å². The van der Waals surface area contributed by atoms with Gasteiger partial charge in [0.2, 0.25) is 0 Å². The first-order chi connectivity index (χ1) is 9.97. The van der Waals surface area contributed by atoms with Crippen molar-refractivity contribution < 1.29 is 8.78 Å². The molecule has 0 aliphatic heterocycles. The summed E-state index contributed by atoms with van der Waals surface area (Å²) < 4.78 is 28.4. The number of imidazole rings is 1. The summed E-state index contributed by atoms with van der Waals surface area (Å²) in [6, 6.07) is 8.66. The maximum absolute atomic E-state index is 13.6. The Morgan fingerprint density at radius 1 is 1.14 bits per heavy atom. The van der Waals surface area contributed by atoms with Crippen LogP contribution in [0.4, 0.5) is 8.78 Å². The van der Waals surface area contributed by atoms with Gasteiger partial charge in [-0.15, -0.1) is 11.6 Å². The van der Waals surface area contributed by atoms with Gasteiger partial charge in [0.1, 0.15) is 17.5 Å². The summed E-state index contributed by atoms with van der Waals surface area (Å²) in [5.41, 5.74) is 1.75. The zero-order chi connectivity index (χ0) is 15.1. The third-order valence-electron chi connectivity index (χ3n) is 3.16. The fourth-order valence-electron chi connectivity index (χ4n) is 2.22. The van der Waals surface area contributed by atoms with Crippen LogP contribution in [0.25, 0.3) is 16.7 Å². The number of fused-ring (bicyclic) bond motifs is 1. The fourth-order valence-corrected chi connectivity index (χ4v) is 2.52. The molecule has 1 aromatic heterocycles. The second kappa shape index (κ2) is 5.28. The number of hydrogen-bond acceptors (Lipinski definition) is 1. The van der Waals surface area contributed by atoms with Gasteiger partial charge in [-0.25, -0.2) is 13.8 Å². The lowest BCUT2D eigenvalue weighted by Gasteiger charge is -2.10. The van der Waals surface area contributed by atoms with Gasteiger partial charge < -0.3 is 0 Å². The van der Waals surface area contributed by atoms with Crippen LogP contribution in [0.1, 0.15) is 18.1 Å². The van der Waals surface area contributed by atoms with Gasteiger partial charge in [-0.1, -0.05) is 11.6 Å². The van der Waals surface area contributed by atoms with E-state index in [-0.39, 0.29) is 10.8 Å². The predicted octanol–water partition coefficient (Wildman–Crippen LogP) is 5.26. The number of alkyl halides is 1. The van der Waals surface area contributed by atoms with Gasteiger partial charge in [0.25, 0.3) is 0 Å². The van der Waals surface area contributed by atoms with E-state index in [9.17, 15) is 8.78 Å². The minimum absolute atomic E-state index is 0.000429. The van der Waals surface area contributed by atoms with Crippen molar-refractivity contribution in [2.45, 2.75) is 12.3 Å². The van der Waals surface area contributed by atoms with Crippen molar-refractivity contribution in [1.82, 2.24) is 9.55 Å². The number of rotatable bonds is 2. The van der Waals surface area contributed by atoms with Crippen LogP contribution in [0.5, 0.6) is 0 Å². The lowest BCUT2D eigenvalue weighted by molar-refractivity contribution is 0.627. The first kappa shape index (κ1) is 14.3. The lowest BCUT2D eigenvalue weighted by atomic mass is 10.2. The van der Waals surface area contributed by atoms with E-state index < -0.39 is 11.2 Å². The number of benzene rings is 2. The van der Waals surface area contributed by atoms with Crippen LogP contribution < -0.4 is 0 Å². The van der Waals surface area contributed by atoms with Gasteiger partial charge in [0.05, 0.1) is 21.4 Å². The molecular formula is C15H10Cl2F2N2. The number of nitrogens with zero attached hydrogens (tertiary/aromatic N) is 2. The second-order valence-corrected chi connectivity index (χ2v) is 5.71. The Hall–Kier alpha value is -1.65. The summed E-state index contributed by atoms with van der Waals surface area (Å²) in [7, 11) is 0. The molecule has 1 unspecified atom stereocenters. The van der Waals surface area contributed by atoms with E-state index in [1.54, 1.807) is 23.6 Å². The highest BCUT2D eigenvalue weighted by Gasteiger charge is 2.18. The molecule has 0 fully saturated rings. The second-order valence-electron chi connectivity index (χ2n) is 4.65. The van der Waals surface area contributed by atoms with Crippen LogP contribution >= 0.6 is 23.2 Å². The van der Waals surface area contributed by atoms with Crippen LogP contribution in [0.2, 0.25) is 5.02 Å². The Labute approximate surface area is 129 Å². The lowest BCUT2D eigenvalue weighted by Crippen LogP contribution is -2.01. The van der Waals surface area contributed by atoms with E-state index in [0.717, 1.165) is 0 Å². The molecule has 21 heavy (non-hydrogen) atoms. The van der Waals surface area contributed by atoms with Crippen molar-refractivity contribution in [1.29, 1.82) is 0 Å². The highest BCUT2D eigenvalue weighted by atomic mass is 35.5. The zero-order valence-corrected chi connectivity index (χ0v) is 12.5. The Morgan fingerprint density at radius 3 is 2.43 bits per heavy atom. The first-order valence-electron chi connectivity index (χ1n) is 6.25. The largest absolute Gasteiger partial charge is 0.295 e. The maximum atomic E-state index is 13.6. The van der Waals surface area contributed by atoms with Gasteiger partial charge in [-0.05, 0) is 37.3 Å². The number of halogens is 4. The summed E-state index contributed by atoms with van der Waals surface area (Å²) in [4.78, 5) is 4.35. The number of aromatic nitrogens is 2. The van der Waals surface area contributed by atoms with Crippen LogP contribution in [-0.2, 0) is 0 Å². The standard InChI is InChI=1S/C15H10Cl2F2N2/c1-8(16)15-20-13-7-12(19)11(17)6-14(13)21(15)10-4-2-9(18)3-5-10/h2-8H,1H3. The molecule has 0 amide bonds. The first-order valence-corrected chi connectivity index (χ1v) is 7.06. The molecule has 0 radical (unpaired) electrons. The Morgan fingerprint density at radius 2 is 1.81 bits per heavy atom. The normalized spacial score (nSPS) is 12.8. The minimum Gasteiger partial charge on any atom is -0.295 e. The summed E-state index contributed by atoms with van der Waals surface area (Å²) in [6.07, 6.45) is 0. The van der Waals surface area contributed by atoms with Gasteiger partial charge in [0, 0.05) is 11.8 Å². The summed E-state index contributed by atoms with van der Waals surface area (Å²) in [5, 5.41) is -0.399. The van der Waals surface area contributed by atoms with Crippen molar-refractivity contribution in [3.05, 3.63) is 58.9 Å². The molecule has 0 saturated carbocycles. The van der Waals surface area contributed by atoms with Gasteiger partial charge in [0.15, 0.2) is 0 Å².